The molecule has 0 fully saturated rings. The van der Waals surface area contributed by atoms with Gasteiger partial charge in [0.15, 0.2) is 0 Å². The van der Waals surface area contributed by atoms with Gasteiger partial charge in [-0.2, -0.15) is 0 Å². The normalized spacial score (nSPS) is 12.5. The lowest BCUT2D eigenvalue weighted by Gasteiger charge is -2.17. The number of carbonyl (C=O) groups is 1. The van der Waals surface area contributed by atoms with E-state index in [0.717, 1.165) is 6.54 Å². The number of carbonyl (C=O) groups excluding carboxylic acids is 1. The van der Waals surface area contributed by atoms with Gasteiger partial charge in [0.1, 0.15) is 0 Å². The zero-order valence-electron chi connectivity index (χ0n) is 9.49. The predicted molar refractivity (Wildman–Crippen MR) is 64.0 cm³/mol. The smallest absolute Gasteiger partial charge is 0.236 e. The van der Waals surface area contributed by atoms with Crippen molar-refractivity contribution in [2.75, 3.05) is 20.1 Å². The molecule has 1 aromatic rings. The maximum atomic E-state index is 11.5. The molecule has 1 rings (SSSR count). The van der Waals surface area contributed by atoms with E-state index in [1.165, 1.54) is 4.88 Å². The third kappa shape index (κ3) is 3.64. The highest BCUT2D eigenvalue weighted by Crippen LogP contribution is 2.17. The molecule has 1 aromatic heterocycles. The van der Waals surface area contributed by atoms with Crippen molar-refractivity contribution in [1.82, 2.24) is 10.2 Å². The number of nitrogens with zero attached hydrogens (tertiary/aromatic N) is 1. The minimum absolute atomic E-state index is 0.140. The van der Waals surface area contributed by atoms with Crippen LogP contribution in [0.1, 0.15) is 24.8 Å². The van der Waals surface area contributed by atoms with Crippen LogP contribution in [0.5, 0.6) is 0 Å². The summed E-state index contributed by atoms with van der Waals surface area (Å²) >= 11 is 1.71. The lowest BCUT2D eigenvalue weighted by molar-refractivity contribution is -0.128. The summed E-state index contributed by atoms with van der Waals surface area (Å²) in [6, 6.07) is 4.35. The molecule has 84 valence electrons. The van der Waals surface area contributed by atoms with Crippen molar-refractivity contribution in [2.24, 2.45) is 0 Å². The summed E-state index contributed by atoms with van der Waals surface area (Å²) in [7, 11) is 1.82. The lowest BCUT2D eigenvalue weighted by Crippen LogP contribution is -2.36. The molecule has 0 aliphatic heterocycles. The summed E-state index contributed by atoms with van der Waals surface area (Å²) in [5, 5.41) is 5.27. The molecule has 15 heavy (non-hydrogen) atoms. The molecule has 0 aliphatic carbocycles. The second kappa shape index (κ2) is 5.88. The first-order valence-corrected chi connectivity index (χ1v) is 6.03. The quantitative estimate of drug-likeness (QED) is 0.831. The van der Waals surface area contributed by atoms with Crippen molar-refractivity contribution in [3.05, 3.63) is 22.4 Å². The van der Waals surface area contributed by atoms with Gasteiger partial charge in [0.05, 0.1) is 6.54 Å². The molecular weight excluding hydrogens is 208 g/mol. The number of amides is 1. The van der Waals surface area contributed by atoms with Crippen LogP contribution in [0.15, 0.2) is 17.5 Å². The minimum Gasteiger partial charge on any atom is -0.345 e. The van der Waals surface area contributed by atoms with E-state index in [1.54, 1.807) is 16.2 Å². The second-order valence-electron chi connectivity index (χ2n) is 3.53. The van der Waals surface area contributed by atoms with Crippen molar-refractivity contribution in [3.63, 3.8) is 0 Å². The van der Waals surface area contributed by atoms with E-state index in [9.17, 15) is 4.79 Å². The molecule has 1 atom stereocenters. The molecule has 0 aromatic carbocycles. The fourth-order valence-corrected chi connectivity index (χ4v) is 1.95. The van der Waals surface area contributed by atoms with Gasteiger partial charge in [-0.1, -0.05) is 6.07 Å². The number of hydrogen-bond acceptors (Lipinski definition) is 3. The predicted octanol–water partition coefficient (Wildman–Crippen LogP) is 1.88. The van der Waals surface area contributed by atoms with E-state index < -0.39 is 0 Å². The van der Waals surface area contributed by atoms with E-state index in [-0.39, 0.29) is 11.9 Å². The molecule has 1 amide bonds. The number of hydrogen-bond donors (Lipinski definition) is 1. The second-order valence-corrected chi connectivity index (χ2v) is 4.51. The highest BCUT2D eigenvalue weighted by molar-refractivity contribution is 7.10. The zero-order chi connectivity index (χ0) is 11.3. The van der Waals surface area contributed by atoms with Crippen LogP contribution in [0, 0.1) is 0 Å². The Hall–Kier alpha value is -0.870. The molecule has 3 nitrogen and oxygen atoms in total. The average Bonchev–Trinajstić information content (AvgIpc) is 2.77. The zero-order valence-corrected chi connectivity index (χ0v) is 10.3. The lowest BCUT2D eigenvalue weighted by atomic mass is 10.3. The maximum absolute atomic E-state index is 11.5. The van der Waals surface area contributed by atoms with Gasteiger partial charge in [-0.25, -0.2) is 0 Å². The van der Waals surface area contributed by atoms with Crippen molar-refractivity contribution < 1.29 is 4.79 Å². The van der Waals surface area contributed by atoms with E-state index in [2.05, 4.69) is 18.3 Å². The van der Waals surface area contributed by atoms with Gasteiger partial charge in [-0.05, 0) is 25.3 Å². The third-order valence-corrected chi connectivity index (χ3v) is 3.48. The Bertz CT molecular complexity index is 298. The first kappa shape index (κ1) is 12.2. The van der Waals surface area contributed by atoms with Crippen LogP contribution in [-0.4, -0.2) is 30.9 Å². The van der Waals surface area contributed by atoms with Crippen molar-refractivity contribution in [2.45, 2.75) is 19.9 Å². The molecule has 4 heteroatoms. The molecule has 1 heterocycles. The molecule has 0 radical (unpaired) electrons. The summed E-state index contributed by atoms with van der Waals surface area (Å²) in [6.07, 6.45) is 0. The number of thiophene rings is 1. The fraction of sp³-hybridized carbons (Fsp3) is 0.545. The first-order chi connectivity index (χ1) is 7.15. The Balaban J connectivity index is 2.34. The van der Waals surface area contributed by atoms with Gasteiger partial charge < -0.3 is 10.2 Å². The highest BCUT2D eigenvalue weighted by Gasteiger charge is 2.10. The topological polar surface area (TPSA) is 32.3 Å². The Morgan fingerprint density at radius 2 is 2.40 bits per heavy atom. The highest BCUT2D eigenvalue weighted by atomic mass is 32.1. The van der Waals surface area contributed by atoms with E-state index >= 15 is 0 Å². The minimum atomic E-state index is 0.140. The van der Waals surface area contributed by atoms with Gasteiger partial charge in [0, 0.05) is 24.5 Å². The van der Waals surface area contributed by atoms with Gasteiger partial charge in [-0.3, -0.25) is 4.79 Å². The van der Waals surface area contributed by atoms with Gasteiger partial charge in [-0.15, -0.1) is 11.3 Å². The van der Waals surface area contributed by atoms with Crippen LogP contribution >= 0.6 is 11.3 Å². The fourth-order valence-electron chi connectivity index (χ4n) is 1.19. The molecule has 1 N–H and O–H groups in total. The van der Waals surface area contributed by atoms with Crippen molar-refractivity contribution >= 4 is 17.2 Å². The summed E-state index contributed by atoms with van der Waals surface area (Å²) in [5.74, 6) is 0.140. The molecule has 0 bridgehead atoms. The van der Waals surface area contributed by atoms with Crippen LogP contribution < -0.4 is 5.32 Å². The van der Waals surface area contributed by atoms with Crippen molar-refractivity contribution in [1.29, 1.82) is 0 Å². The van der Waals surface area contributed by atoms with Crippen LogP contribution in [-0.2, 0) is 4.79 Å². The molecule has 0 saturated carbocycles. The maximum Gasteiger partial charge on any atom is 0.236 e. The van der Waals surface area contributed by atoms with Gasteiger partial charge in [0.2, 0.25) is 5.91 Å². The first-order valence-electron chi connectivity index (χ1n) is 5.16. The Morgan fingerprint density at radius 3 is 2.93 bits per heavy atom. The largest absolute Gasteiger partial charge is 0.345 e. The standard InChI is InChI=1S/C11H18N2OS/c1-4-13(3)11(14)8-12-9(2)10-6-5-7-15-10/h5-7,9,12H,4,8H2,1-3H3/t9-/m0/s1. The van der Waals surface area contributed by atoms with Crippen LogP contribution in [0.3, 0.4) is 0 Å². The molecule has 0 unspecified atom stereocenters. The number of nitrogens with one attached hydrogen (secondary N) is 1. The third-order valence-electron chi connectivity index (χ3n) is 2.43. The Labute approximate surface area is 95.1 Å². The van der Waals surface area contributed by atoms with Crippen LogP contribution in [0.2, 0.25) is 0 Å². The van der Waals surface area contributed by atoms with E-state index in [4.69, 9.17) is 0 Å². The summed E-state index contributed by atoms with van der Waals surface area (Å²) < 4.78 is 0. The molecule has 0 spiro atoms. The van der Waals surface area contributed by atoms with Crippen LogP contribution in [0.4, 0.5) is 0 Å². The van der Waals surface area contributed by atoms with Gasteiger partial charge in [0.25, 0.3) is 0 Å². The summed E-state index contributed by atoms with van der Waals surface area (Å²) in [6.45, 7) is 5.21. The Morgan fingerprint density at radius 1 is 1.67 bits per heavy atom. The van der Waals surface area contributed by atoms with Crippen LogP contribution in [0.25, 0.3) is 0 Å². The molecular formula is C11H18N2OS. The van der Waals surface area contributed by atoms with Gasteiger partial charge >= 0.3 is 0 Å². The van der Waals surface area contributed by atoms with Crippen molar-refractivity contribution in [3.8, 4) is 0 Å². The number of rotatable bonds is 5. The summed E-state index contributed by atoms with van der Waals surface area (Å²) in [5.41, 5.74) is 0. The van der Waals surface area contributed by atoms with E-state index in [0.29, 0.717) is 6.54 Å². The average molecular weight is 226 g/mol. The molecule has 0 aliphatic rings. The monoisotopic (exact) mass is 226 g/mol. The SMILES string of the molecule is CCN(C)C(=O)CN[C@@H](C)c1cccs1. The summed E-state index contributed by atoms with van der Waals surface area (Å²) in [4.78, 5) is 14.5. The number of likely N-dealkylation sites (N-methyl/N-ethyl adjacent to an activating group) is 1. The van der Waals surface area contributed by atoms with E-state index in [1.807, 2.05) is 25.4 Å². The Kier molecular flexibility index (Phi) is 4.78. The molecule has 0 saturated heterocycles.